The zero-order valence-corrected chi connectivity index (χ0v) is 15.3. The van der Waals surface area contributed by atoms with E-state index in [-0.39, 0.29) is 22.0 Å². The van der Waals surface area contributed by atoms with E-state index in [9.17, 15) is 8.42 Å². The van der Waals surface area contributed by atoms with Crippen LogP contribution in [0, 0.1) is 0 Å². The summed E-state index contributed by atoms with van der Waals surface area (Å²) in [7, 11) is -3.77. The van der Waals surface area contributed by atoms with E-state index in [2.05, 4.69) is 35.8 Å². The monoisotopic (exact) mass is 433 g/mol. The quantitative estimate of drug-likeness (QED) is 0.518. The summed E-state index contributed by atoms with van der Waals surface area (Å²) >= 11 is 4.58. The van der Waals surface area contributed by atoms with Gasteiger partial charge in [-0.2, -0.15) is 13.5 Å². The molecule has 0 aliphatic carbocycles. The first-order valence-electron chi connectivity index (χ1n) is 6.11. The van der Waals surface area contributed by atoms with Gasteiger partial charge in [0.2, 0.25) is 0 Å². The average Bonchev–Trinajstić information content (AvgIpc) is 3.11. The van der Waals surface area contributed by atoms with Crippen LogP contribution in [0.5, 0.6) is 0 Å². The molecule has 3 heterocycles. The van der Waals surface area contributed by atoms with E-state index in [0.717, 1.165) is 10.9 Å². The molecule has 0 aliphatic rings. The third-order valence-corrected chi connectivity index (χ3v) is 6.10. The number of hydrogen-bond acceptors (Lipinski definition) is 5. The molecule has 7 nitrogen and oxygen atoms in total. The van der Waals surface area contributed by atoms with Crippen LogP contribution in [0.4, 0.5) is 5.69 Å². The molecule has 23 heavy (non-hydrogen) atoms. The van der Waals surface area contributed by atoms with Crippen molar-refractivity contribution in [3.63, 3.8) is 0 Å². The van der Waals surface area contributed by atoms with Crippen LogP contribution in [0.25, 0.3) is 15.9 Å². The van der Waals surface area contributed by atoms with Crippen molar-refractivity contribution in [3.05, 3.63) is 40.6 Å². The molecule has 0 atom stereocenters. The second kappa shape index (κ2) is 5.78. The van der Waals surface area contributed by atoms with Crippen molar-refractivity contribution >= 4 is 71.2 Å². The number of thiazole rings is 1. The number of sulfonamides is 1. The predicted molar refractivity (Wildman–Crippen MR) is 94.9 cm³/mol. The fourth-order valence-corrected chi connectivity index (χ4v) is 5.28. The highest BCUT2D eigenvalue weighted by Crippen LogP contribution is 2.28. The number of aromatic nitrogens is 4. The highest BCUT2D eigenvalue weighted by molar-refractivity contribution is 9.10. The van der Waals surface area contributed by atoms with Crippen molar-refractivity contribution in [1.29, 1.82) is 0 Å². The third-order valence-electron chi connectivity index (χ3n) is 3.13. The van der Waals surface area contributed by atoms with Crippen LogP contribution in [0.15, 0.2) is 45.6 Å². The first-order chi connectivity index (χ1) is 10.5. The van der Waals surface area contributed by atoms with Crippen LogP contribution in [0.2, 0.25) is 0 Å². The van der Waals surface area contributed by atoms with Gasteiger partial charge in [0.1, 0.15) is 4.60 Å². The lowest BCUT2D eigenvalue weighted by Gasteiger charge is -2.07. The van der Waals surface area contributed by atoms with Crippen molar-refractivity contribution in [2.24, 2.45) is 0 Å². The van der Waals surface area contributed by atoms with Crippen LogP contribution < -0.4 is 4.72 Å². The zero-order chi connectivity index (χ0) is 15.3. The Kier molecular flexibility index (Phi) is 4.08. The van der Waals surface area contributed by atoms with Crippen LogP contribution in [-0.2, 0) is 10.0 Å². The van der Waals surface area contributed by atoms with Gasteiger partial charge in [0.15, 0.2) is 9.99 Å². The number of halogens is 2. The number of imidazole rings is 1. The van der Waals surface area contributed by atoms with E-state index in [1.54, 1.807) is 36.0 Å². The molecule has 0 bridgehead atoms. The lowest BCUT2D eigenvalue weighted by atomic mass is 10.2. The maximum atomic E-state index is 12.6. The number of hydrogen-bond donors (Lipinski definition) is 2. The molecule has 0 spiro atoms. The van der Waals surface area contributed by atoms with Gasteiger partial charge in [0.25, 0.3) is 10.0 Å². The summed E-state index contributed by atoms with van der Waals surface area (Å²) in [5.41, 5.74) is 1.21. The molecule has 0 unspecified atom stereocenters. The summed E-state index contributed by atoms with van der Waals surface area (Å²) in [6, 6.07) is 5.18. The minimum absolute atomic E-state index is 0. The van der Waals surface area contributed by atoms with Crippen LogP contribution in [0.1, 0.15) is 0 Å². The number of fused-ring (bicyclic) bond motifs is 2. The maximum Gasteiger partial charge on any atom is 0.280 e. The Morgan fingerprint density at radius 3 is 3.00 bits per heavy atom. The lowest BCUT2D eigenvalue weighted by molar-refractivity contribution is 0.596. The van der Waals surface area contributed by atoms with E-state index in [4.69, 9.17) is 0 Å². The van der Waals surface area contributed by atoms with E-state index >= 15 is 0 Å². The fraction of sp³-hybridized carbons (Fsp3) is 0. The molecule has 120 valence electrons. The summed E-state index contributed by atoms with van der Waals surface area (Å²) in [6.45, 7) is 0. The molecular formula is C12H9BrClN5O2S2. The smallest absolute Gasteiger partial charge is 0.278 e. The van der Waals surface area contributed by atoms with E-state index in [0.29, 0.717) is 10.6 Å². The molecule has 3 aromatic heterocycles. The van der Waals surface area contributed by atoms with E-state index in [1.165, 1.54) is 15.7 Å². The minimum atomic E-state index is -3.77. The number of nitrogens with one attached hydrogen (secondary N) is 2. The normalized spacial score (nSPS) is 11.7. The van der Waals surface area contributed by atoms with Crippen molar-refractivity contribution < 1.29 is 8.42 Å². The second-order valence-electron chi connectivity index (χ2n) is 4.54. The highest BCUT2D eigenvalue weighted by atomic mass is 79.9. The molecule has 0 radical (unpaired) electrons. The van der Waals surface area contributed by atoms with Gasteiger partial charge in [-0.1, -0.05) is 0 Å². The van der Waals surface area contributed by atoms with Gasteiger partial charge in [0.05, 0.1) is 17.4 Å². The van der Waals surface area contributed by atoms with Crippen molar-refractivity contribution in [3.8, 4) is 0 Å². The molecule has 0 saturated carbocycles. The average molecular weight is 435 g/mol. The lowest BCUT2D eigenvalue weighted by Crippen LogP contribution is -2.15. The van der Waals surface area contributed by atoms with Crippen LogP contribution in [0.3, 0.4) is 0 Å². The van der Waals surface area contributed by atoms with Gasteiger partial charge in [0, 0.05) is 17.0 Å². The Balaban J connectivity index is 0.00000156. The van der Waals surface area contributed by atoms with Gasteiger partial charge in [-0.15, -0.1) is 23.7 Å². The molecule has 0 amide bonds. The first-order valence-corrected chi connectivity index (χ1v) is 9.27. The standard InChI is InChI=1S/C12H8BrN5O2S2.ClH/c13-10-11(18-3-4-21-12(18)15-10)22(19,20)17-8-2-1-7-6-14-16-9(7)5-8;/h1-6,17H,(H,14,16);1H. The predicted octanol–water partition coefficient (Wildman–Crippen LogP) is 3.26. The largest absolute Gasteiger partial charge is 0.280 e. The number of benzene rings is 1. The summed E-state index contributed by atoms with van der Waals surface area (Å²) in [4.78, 5) is 4.79. The molecule has 2 N–H and O–H groups in total. The Morgan fingerprint density at radius 2 is 2.17 bits per heavy atom. The Morgan fingerprint density at radius 1 is 1.35 bits per heavy atom. The summed E-state index contributed by atoms with van der Waals surface area (Å²) < 4.78 is 29.7. The van der Waals surface area contributed by atoms with Crippen molar-refractivity contribution in [1.82, 2.24) is 19.6 Å². The Bertz CT molecular complexity index is 1100. The van der Waals surface area contributed by atoms with Gasteiger partial charge in [-0.3, -0.25) is 14.2 Å². The summed E-state index contributed by atoms with van der Waals surface area (Å²) in [5.74, 6) is 0. The number of H-pyrrole nitrogens is 1. The molecule has 0 aliphatic heterocycles. The highest BCUT2D eigenvalue weighted by Gasteiger charge is 2.24. The summed E-state index contributed by atoms with van der Waals surface area (Å²) in [6.07, 6.45) is 3.35. The molecule has 4 aromatic rings. The second-order valence-corrected chi connectivity index (χ2v) is 7.76. The van der Waals surface area contributed by atoms with Crippen molar-refractivity contribution in [2.75, 3.05) is 4.72 Å². The molecule has 1 aromatic carbocycles. The first kappa shape index (κ1) is 16.2. The fourth-order valence-electron chi connectivity index (χ4n) is 2.18. The molecular weight excluding hydrogens is 426 g/mol. The van der Waals surface area contributed by atoms with Crippen LogP contribution >= 0.6 is 39.7 Å². The van der Waals surface area contributed by atoms with Gasteiger partial charge >= 0.3 is 0 Å². The third kappa shape index (κ3) is 2.71. The SMILES string of the molecule is Cl.O=S(=O)(Nc1ccc2cn[nH]c2c1)c1c(Br)nc2sccn12. The zero-order valence-electron chi connectivity index (χ0n) is 11.2. The molecule has 0 fully saturated rings. The maximum absolute atomic E-state index is 12.6. The topological polar surface area (TPSA) is 92.1 Å². The number of anilines is 1. The molecule has 0 saturated heterocycles. The van der Waals surface area contributed by atoms with Gasteiger partial charge < -0.3 is 0 Å². The van der Waals surface area contributed by atoms with E-state index < -0.39 is 10.0 Å². The van der Waals surface area contributed by atoms with Gasteiger partial charge in [-0.05, 0) is 34.1 Å². The van der Waals surface area contributed by atoms with Gasteiger partial charge in [-0.25, -0.2) is 4.98 Å². The summed E-state index contributed by atoms with van der Waals surface area (Å²) in [5, 5.41) is 9.49. The minimum Gasteiger partial charge on any atom is -0.278 e. The van der Waals surface area contributed by atoms with Crippen LogP contribution in [-0.4, -0.2) is 28.0 Å². The Hall–Kier alpha value is -1.62. The number of rotatable bonds is 3. The molecule has 11 heteroatoms. The number of nitrogens with zero attached hydrogens (tertiary/aromatic N) is 3. The molecule has 4 rings (SSSR count). The van der Waals surface area contributed by atoms with E-state index in [1.807, 2.05) is 0 Å². The number of aromatic amines is 1. The van der Waals surface area contributed by atoms with Crippen molar-refractivity contribution in [2.45, 2.75) is 5.03 Å². The Labute approximate surface area is 149 Å².